The van der Waals surface area contributed by atoms with Crippen molar-refractivity contribution >= 4 is 22.5 Å². The Hall–Kier alpha value is -1.94. The van der Waals surface area contributed by atoms with E-state index >= 15 is 0 Å². The lowest BCUT2D eigenvalue weighted by Gasteiger charge is -2.09. The molecule has 0 amide bonds. The molecule has 3 aromatic rings. The number of halogens is 1. The van der Waals surface area contributed by atoms with Gasteiger partial charge in [-0.25, -0.2) is 0 Å². The molecule has 3 rings (SSSR count). The number of hydrogen-bond acceptors (Lipinski definition) is 3. The largest absolute Gasteiger partial charge is 0.392 e. The average Bonchev–Trinajstić information content (AvgIpc) is 2.59. The Morgan fingerprint density at radius 1 is 1.04 bits per heavy atom. The number of fused-ring (bicyclic) bond motifs is 1. The first-order chi connectivity index (χ1) is 11.3. The number of pyridine rings is 1. The van der Waals surface area contributed by atoms with Crippen LogP contribution in [0.15, 0.2) is 54.7 Å². The van der Waals surface area contributed by atoms with Gasteiger partial charge in [0.05, 0.1) is 12.1 Å². The maximum Gasteiger partial charge on any atom is 0.0747 e. The summed E-state index contributed by atoms with van der Waals surface area (Å²) in [6.07, 6.45) is 2.75. The maximum atomic E-state index is 9.05. The van der Waals surface area contributed by atoms with E-state index < -0.39 is 0 Å². The Labute approximate surface area is 140 Å². The summed E-state index contributed by atoms with van der Waals surface area (Å²) in [5.41, 5.74) is 4.31. The Morgan fingerprint density at radius 2 is 1.83 bits per heavy atom. The van der Waals surface area contributed by atoms with E-state index in [2.05, 4.69) is 22.4 Å². The molecule has 2 N–H and O–H groups in total. The van der Waals surface area contributed by atoms with Crippen molar-refractivity contribution in [2.24, 2.45) is 0 Å². The highest BCUT2D eigenvalue weighted by atomic mass is 35.5. The number of aromatic nitrogens is 1. The Kier molecular flexibility index (Phi) is 5.23. The van der Waals surface area contributed by atoms with Gasteiger partial charge in [0.25, 0.3) is 0 Å². The summed E-state index contributed by atoms with van der Waals surface area (Å²) in [4.78, 5) is 4.46. The summed E-state index contributed by atoms with van der Waals surface area (Å²) >= 11 is 6.19. The normalized spacial score (nSPS) is 11.0. The van der Waals surface area contributed by atoms with Crippen molar-refractivity contribution in [3.8, 4) is 0 Å². The third-order valence-corrected chi connectivity index (χ3v) is 4.08. The third-order valence-electron chi connectivity index (χ3n) is 3.86. The van der Waals surface area contributed by atoms with Gasteiger partial charge in [-0.1, -0.05) is 41.9 Å². The van der Waals surface area contributed by atoms with E-state index in [0.717, 1.165) is 46.6 Å². The molecule has 0 aliphatic carbocycles. The lowest BCUT2D eigenvalue weighted by Crippen LogP contribution is -2.17. The van der Waals surface area contributed by atoms with Crippen molar-refractivity contribution in [3.63, 3.8) is 0 Å². The molecule has 1 heterocycles. The zero-order valence-corrected chi connectivity index (χ0v) is 13.6. The Bertz CT molecular complexity index is 787. The molecule has 0 fully saturated rings. The topological polar surface area (TPSA) is 45.1 Å². The number of nitrogens with one attached hydrogen (secondary N) is 1. The van der Waals surface area contributed by atoms with Crippen LogP contribution in [0, 0.1) is 0 Å². The molecule has 0 radical (unpaired) electrons. The highest BCUT2D eigenvalue weighted by molar-refractivity contribution is 6.31. The van der Waals surface area contributed by atoms with E-state index in [1.807, 2.05) is 42.6 Å². The molecule has 0 aliphatic heterocycles. The Morgan fingerprint density at radius 3 is 2.61 bits per heavy atom. The molecular formula is C19H19ClN2O. The predicted octanol–water partition coefficient (Wildman–Crippen LogP) is 3.71. The minimum absolute atomic E-state index is 0.0906. The van der Waals surface area contributed by atoms with E-state index in [-0.39, 0.29) is 6.61 Å². The molecule has 4 heteroatoms. The second-order valence-corrected chi connectivity index (χ2v) is 5.98. The fourth-order valence-electron chi connectivity index (χ4n) is 2.63. The van der Waals surface area contributed by atoms with Crippen LogP contribution in [0.5, 0.6) is 0 Å². The number of rotatable bonds is 6. The molecule has 0 atom stereocenters. The lowest BCUT2D eigenvalue weighted by molar-refractivity contribution is 0.282. The van der Waals surface area contributed by atoms with Gasteiger partial charge in [0.15, 0.2) is 0 Å². The van der Waals surface area contributed by atoms with Gasteiger partial charge < -0.3 is 10.4 Å². The third kappa shape index (κ3) is 4.08. The van der Waals surface area contributed by atoms with E-state index in [1.54, 1.807) is 0 Å². The quantitative estimate of drug-likeness (QED) is 0.679. The van der Waals surface area contributed by atoms with Crippen LogP contribution in [0.2, 0.25) is 5.02 Å². The monoisotopic (exact) mass is 326 g/mol. The number of nitrogens with zero attached hydrogens (tertiary/aromatic N) is 1. The molecule has 0 bridgehead atoms. The van der Waals surface area contributed by atoms with Crippen molar-refractivity contribution < 1.29 is 5.11 Å². The van der Waals surface area contributed by atoms with Gasteiger partial charge in [0.1, 0.15) is 0 Å². The minimum Gasteiger partial charge on any atom is -0.392 e. The summed E-state index contributed by atoms with van der Waals surface area (Å²) in [5, 5.41) is 14.3. The standard InChI is InChI=1S/C19H19ClN2O/c20-18-10-16-2-1-8-22-19(16)17(11-18)12-21-9-7-14-3-5-15(13-23)6-4-14/h1-6,8,10-11,21,23H,7,9,12-13H2. The molecular weight excluding hydrogens is 308 g/mol. The van der Waals surface area contributed by atoms with E-state index in [4.69, 9.17) is 16.7 Å². The van der Waals surface area contributed by atoms with Crippen LogP contribution in [0.1, 0.15) is 16.7 Å². The molecule has 23 heavy (non-hydrogen) atoms. The van der Waals surface area contributed by atoms with Crippen LogP contribution in [-0.2, 0) is 19.6 Å². The van der Waals surface area contributed by atoms with Crippen molar-refractivity contribution in [1.29, 1.82) is 0 Å². The van der Waals surface area contributed by atoms with Crippen molar-refractivity contribution in [2.75, 3.05) is 6.54 Å². The average molecular weight is 327 g/mol. The molecule has 0 spiro atoms. The fourth-order valence-corrected chi connectivity index (χ4v) is 2.88. The molecule has 118 valence electrons. The van der Waals surface area contributed by atoms with Crippen molar-refractivity contribution in [3.05, 3.63) is 76.4 Å². The molecule has 1 aromatic heterocycles. The van der Waals surface area contributed by atoms with E-state index in [1.165, 1.54) is 5.56 Å². The number of benzene rings is 2. The molecule has 3 nitrogen and oxygen atoms in total. The van der Waals surface area contributed by atoms with Gasteiger partial charge in [-0.3, -0.25) is 4.98 Å². The van der Waals surface area contributed by atoms with Crippen LogP contribution < -0.4 is 5.32 Å². The summed E-state index contributed by atoms with van der Waals surface area (Å²) < 4.78 is 0. The lowest BCUT2D eigenvalue weighted by atomic mass is 10.1. The Balaban J connectivity index is 1.60. The summed E-state index contributed by atoms with van der Waals surface area (Å²) in [6.45, 7) is 1.70. The van der Waals surface area contributed by atoms with E-state index in [0.29, 0.717) is 0 Å². The van der Waals surface area contributed by atoms with Gasteiger partial charge in [-0.2, -0.15) is 0 Å². The maximum absolute atomic E-state index is 9.05. The molecule has 0 aliphatic rings. The van der Waals surface area contributed by atoms with Crippen LogP contribution in [0.4, 0.5) is 0 Å². The second-order valence-electron chi connectivity index (χ2n) is 5.54. The highest BCUT2D eigenvalue weighted by Gasteiger charge is 2.04. The number of aliphatic hydroxyl groups is 1. The van der Waals surface area contributed by atoms with Gasteiger partial charge in [0, 0.05) is 23.2 Å². The zero-order chi connectivity index (χ0) is 16.1. The fraction of sp³-hybridized carbons (Fsp3) is 0.211. The van der Waals surface area contributed by atoms with E-state index in [9.17, 15) is 0 Å². The van der Waals surface area contributed by atoms with Crippen LogP contribution in [0.25, 0.3) is 10.9 Å². The van der Waals surface area contributed by atoms with Gasteiger partial charge in [-0.05, 0) is 47.9 Å². The second kappa shape index (κ2) is 7.55. The molecule has 0 saturated carbocycles. The number of hydrogen-bond donors (Lipinski definition) is 2. The van der Waals surface area contributed by atoms with Crippen LogP contribution in [-0.4, -0.2) is 16.6 Å². The SMILES string of the molecule is OCc1ccc(CCNCc2cc(Cl)cc3cccnc23)cc1. The summed E-state index contributed by atoms with van der Waals surface area (Å²) in [5.74, 6) is 0. The minimum atomic E-state index is 0.0906. The summed E-state index contributed by atoms with van der Waals surface area (Å²) in [6, 6.07) is 15.9. The van der Waals surface area contributed by atoms with Crippen molar-refractivity contribution in [2.45, 2.75) is 19.6 Å². The molecule has 0 unspecified atom stereocenters. The first-order valence-corrected chi connectivity index (χ1v) is 8.06. The van der Waals surface area contributed by atoms with Crippen LogP contribution >= 0.6 is 11.6 Å². The first-order valence-electron chi connectivity index (χ1n) is 7.69. The first kappa shape index (κ1) is 15.9. The highest BCUT2D eigenvalue weighted by Crippen LogP contribution is 2.22. The van der Waals surface area contributed by atoms with Crippen molar-refractivity contribution in [1.82, 2.24) is 10.3 Å². The summed E-state index contributed by atoms with van der Waals surface area (Å²) in [7, 11) is 0. The van der Waals surface area contributed by atoms with Gasteiger partial charge in [0.2, 0.25) is 0 Å². The molecule has 0 saturated heterocycles. The van der Waals surface area contributed by atoms with Gasteiger partial charge in [-0.15, -0.1) is 0 Å². The van der Waals surface area contributed by atoms with Gasteiger partial charge >= 0.3 is 0 Å². The van der Waals surface area contributed by atoms with Crippen LogP contribution in [0.3, 0.4) is 0 Å². The number of aliphatic hydroxyl groups excluding tert-OH is 1. The smallest absolute Gasteiger partial charge is 0.0747 e. The molecule has 2 aromatic carbocycles. The predicted molar refractivity (Wildman–Crippen MR) is 94.5 cm³/mol. The zero-order valence-electron chi connectivity index (χ0n) is 12.8.